The summed E-state index contributed by atoms with van der Waals surface area (Å²) in [5.74, 6) is -0.384. The molecule has 0 radical (unpaired) electrons. The fourth-order valence-corrected chi connectivity index (χ4v) is 1.68. The molecule has 0 heterocycles. The molecular weight excluding hydrogens is 226 g/mol. The predicted octanol–water partition coefficient (Wildman–Crippen LogP) is 2.23. The van der Waals surface area contributed by atoms with Crippen LogP contribution in [0.25, 0.3) is 0 Å². The first-order chi connectivity index (χ1) is 8.75. The normalized spacial score (nSPS) is 11.8. The van der Waals surface area contributed by atoms with Gasteiger partial charge in [-0.15, -0.1) is 0 Å². The van der Waals surface area contributed by atoms with E-state index in [0.29, 0.717) is 12.1 Å². The molecule has 1 amide bonds. The first kappa shape index (κ1) is 12.3. The number of benzene rings is 2. The highest BCUT2D eigenvalue weighted by Crippen LogP contribution is 2.08. The molecule has 0 saturated heterocycles. The van der Waals surface area contributed by atoms with Gasteiger partial charge in [0.2, 0.25) is 0 Å². The second-order valence-electron chi connectivity index (χ2n) is 4.06. The van der Waals surface area contributed by atoms with Crippen molar-refractivity contribution in [3.8, 4) is 0 Å². The van der Waals surface area contributed by atoms with E-state index in [-0.39, 0.29) is 5.91 Å². The molecule has 0 aliphatic rings. The summed E-state index contributed by atoms with van der Waals surface area (Å²) in [4.78, 5) is 11.8. The zero-order chi connectivity index (χ0) is 12.8. The molecule has 2 aromatic rings. The van der Waals surface area contributed by atoms with Gasteiger partial charge in [0, 0.05) is 12.1 Å². The van der Waals surface area contributed by atoms with Crippen molar-refractivity contribution < 1.29 is 9.90 Å². The van der Waals surface area contributed by atoms with Crippen molar-refractivity contribution in [1.29, 1.82) is 0 Å². The lowest BCUT2D eigenvalue weighted by Gasteiger charge is -2.11. The van der Waals surface area contributed by atoms with E-state index in [4.69, 9.17) is 0 Å². The van der Waals surface area contributed by atoms with Crippen molar-refractivity contribution in [2.24, 2.45) is 0 Å². The zero-order valence-electron chi connectivity index (χ0n) is 9.91. The van der Waals surface area contributed by atoms with Gasteiger partial charge in [-0.2, -0.15) is 0 Å². The van der Waals surface area contributed by atoms with Crippen LogP contribution >= 0.6 is 0 Å². The van der Waals surface area contributed by atoms with Gasteiger partial charge in [0.1, 0.15) is 6.10 Å². The second kappa shape index (κ2) is 5.98. The molecular formula is C15H15NO2. The van der Waals surface area contributed by atoms with Crippen LogP contribution in [0, 0.1) is 0 Å². The Morgan fingerprint density at radius 2 is 1.56 bits per heavy atom. The Morgan fingerprint density at radius 1 is 1.00 bits per heavy atom. The minimum atomic E-state index is -1.03. The monoisotopic (exact) mass is 241 g/mol. The lowest BCUT2D eigenvalue weighted by molar-refractivity contribution is -0.123. The van der Waals surface area contributed by atoms with Crippen molar-refractivity contribution in [1.82, 2.24) is 0 Å². The average Bonchev–Trinajstić information content (AvgIpc) is 2.41. The topological polar surface area (TPSA) is 49.3 Å². The Balaban J connectivity index is 1.93. The molecule has 0 saturated carbocycles. The number of rotatable bonds is 4. The van der Waals surface area contributed by atoms with Crippen LogP contribution in [0.5, 0.6) is 0 Å². The fourth-order valence-electron chi connectivity index (χ4n) is 1.68. The number of anilines is 1. The van der Waals surface area contributed by atoms with E-state index < -0.39 is 6.10 Å². The Bertz CT molecular complexity index is 496. The first-order valence-corrected chi connectivity index (χ1v) is 5.83. The van der Waals surface area contributed by atoms with E-state index in [1.807, 2.05) is 48.5 Å². The van der Waals surface area contributed by atoms with Crippen LogP contribution in [-0.4, -0.2) is 17.1 Å². The largest absolute Gasteiger partial charge is 0.383 e. The highest BCUT2D eigenvalue weighted by atomic mass is 16.3. The standard InChI is InChI=1S/C15H15NO2/c17-14(11-12-7-3-1-4-8-12)15(18)16-13-9-5-2-6-10-13/h1-10,14,17H,11H2,(H,16,18)/t14-/m1/s1. The van der Waals surface area contributed by atoms with Gasteiger partial charge in [-0.05, 0) is 17.7 Å². The van der Waals surface area contributed by atoms with E-state index in [9.17, 15) is 9.90 Å². The third-order valence-electron chi connectivity index (χ3n) is 2.62. The fraction of sp³-hybridized carbons (Fsp3) is 0.133. The van der Waals surface area contributed by atoms with Crippen molar-refractivity contribution in [3.63, 3.8) is 0 Å². The summed E-state index contributed by atoms with van der Waals surface area (Å²) in [5, 5.41) is 12.5. The van der Waals surface area contributed by atoms with Gasteiger partial charge >= 0.3 is 0 Å². The number of amides is 1. The Kier molecular flexibility index (Phi) is 4.10. The molecule has 3 heteroatoms. The van der Waals surface area contributed by atoms with Gasteiger partial charge in [0.15, 0.2) is 0 Å². The van der Waals surface area contributed by atoms with Crippen LogP contribution in [0.3, 0.4) is 0 Å². The van der Waals surface area contributed by atoms with E-state index in [2.05, 4.69) is 5.32 Å². The molecule has 0 unspecified atom stereocenters. The Hall–Kier alpha value is -2.13. The van der Waals surface area contributed by atoms with Gasteiger partial charge in [0.05, 0.1) is 0 Å². The average molecular weight is 241 g/mol. The van der Waals surface area contributed by atoms with Crippen LogP contribution in [0.4, 0.5) is 5.69 Å². The van der Waals surface area contributed by atoms with E-state index >= 15 is 0 Å². The number of aliphatic hydroxyl groups is 1. The van der Waals surface area contributed by atoms with Gasteiger partial charge in [-0.3, -0.25) is 4.79 Å². The molecule has 0 bridgehead atoms. The minimum Gasteiger partial charge on any atom is -0.383 e. The maximum absolute atomic E-state index is 11.8. The number of nitrogens with one attached hydrogen (secondary N) is 1. The maximum Gasteiger partial charge on any atom is 0.253 e. The van der Waals surface area contributed by atoms with E-state index in [0.717, 1.165) is 5.56 Å². The molecule has 1 atom stereocenters. The number of hydrogen-bond acceptors (Lipinski definition) is 2. The molecule has 92 valence electrons. The molecule has 3 nitrogen and oxygen atoms in total. The van der Waals surface area contributed by atoms with Crippen molar-refractivity contribution in [2.45, 2.75) is 12.5 Å². The van der Waals surface area contributed by atoms with Crippen molar-refractivity contribution >= 4 is 11.6 Å². The highest BCUT2D eigenvalue weighted by molar-refractivity contribution is 5.94. The number of carbonyl (C=O) groups excluding carboxylic acids is 1. The smallest absolute Gasteiger partial charge is 0.253 e. The Labute approximate surface area is 106 Å². The Morgan fingerprint density at radius 3 is 2.17 bits per heavy atom. The highest BCUT2D eigenvalue weighted by Gasteiger charge is 2.15. The lowest BCUT2D eigenvalue weighted by atomic mass is 10.1. The molecule has 2 rings (SSSR count). The molecule has 2 N–H and O–H groups in total. The van der Waals surface area contributed by atoms with Crippen LogP contribution in [-0.2, 0) is 11.2 Å². The van der Waals surface area contributed by atoms with E-state index in [1.165, 1.54) is 0 Å². The third kappa shape index (κ3) is 3.43. The summed E-state index contributed by atoms with van der Waals surface area (Å²) in [6.45, 7) is 0. The van der Waals surface area contributed by atoms with Crippen LogP contribution in [0.15, 0.2) is 60.7 Å². The summed E-state index contributed by atoms with van der Waals surface area (Å²) >= 11 is 0. The second-order valence-corrected chi connectivity index (χ2v) is 4.06. The summed E-state index contributed by atoms with van der Waals surface area (Å²) in [6, 6.07) is 18.6. The number of para-hydroxylation sites is 1. The van der Waals surface area contributed by atoms with Crippen molar-refractivity contribution in [2.75, 3.05) is 5.32 Å². The van der Waals surface area contributed by atoms with Crippen molar-refractivity contribution in [3.05, 3.63) is 66.2 Å². The molecule has 2 aromatic carbocycles. The SMILES string of the molecule is O=C(Nc1ccccc1)[C@H](O)Cc1ccccc1. The molecule has 0 fully saturated rings. The summed E-state index contributed by atoms with van der Waals surface area (Å²) in [6.07, 6.45) is -0.716. The van der Waals surface area contributed by atoms with Gasteiger partial charge in [-0.25, -0.2) is 0 Å². The van der Waals surface area contributed by atoms with E-state index in [1.54, 1.807) is 12.1 Å². The molecule has 0 aliphatic carbocycles. The van der Waals surface area contributed by atoms with Gasteiger partial charge in [-0.1, -0.05) is 48.5 Å². The maximum atomic E-state index is 11.8. The lowest BCUT2D eigenvalue weighted by Crippen LogP contribution is -2.29. The van der Waals surface area contributed by atoms with Gasteiger partial charge in [0.25, 0.3) is 5.91 Å². The molecule has 0 spiro atoms. The summed E-state index contributed by atoms with van der Waals surface area (Å²) < 4.78 is 0. The quantitative estimate of drug-likeness (QED) is 0.862. The van der Waals surface area contributed by atoms with Crippen LogP contribution in [0.2, 0.25) is 0 Å². The van der Waals surface area contributed by atoms with Crippen LogP contribution in [0.1, 0.15) is 5.56 Å². The van der Waals surface area contributed by atoms with Crippen LogP contribution < -0.4 is 5.32 Å². The molecule has 18 heavy (non-hydrogen) atoms. The zero-order valence-corrected chi connectivity index (χ0v) is 9.91. The van der Waals surface area contributed by atoms with Gasteiger partial charge < -0.3 is 10.4 Å². The summed E-state index contributed by atoms with van der Waals surface area (Å²) in [7, 11) is 0. The molecule has 0 aliphatic heterocycles. The predicted molar refractivity (Wildman–Crippen MR) is 71.2 cm³/mol. The number of hydrogen-bond donors (Lipinski definition) is 2. The number of carbonyl (C=O) groups is 1. The summed E-state index contributed by atoms with van der Waals surface area (Å²) in [5.41, 5.74) is 1.63. The number of aliphatic hydroxyl groups excluding tert-OH is 1. The molecule has 0 aromatic heterocycles. The third-order valence-corrected chi connectivity index (χ3v) is 2.62. The minimum absolute atomic E-state index is 0.319. The first-order valence-electron chi connectivity index (χ1n) is 5.83.